The van der Waals surface area contributed by atoms with Gasteiger partial charge in [0.05, 0.1) is 5.69 Å². The number of rotatable bonds is 2. The number of benzene rings is 2. The first kappa shape index (κ1) is 17.6. The number of aryl methyl sites for hydroxylation is 2. The first-order valence-corrected chi connectivity index (χ1v) is 9.37. The van der Waals surface area contributed by atoms with Gasteiger partial charge >= 0.3 is 0 Å². The third kappa shape index (κ3) is 3.07. The van der Waals surface area contributed by atoms with Crippen molar-refractivity contribution in [2.45, 2.75) is 39.2 Å². The molecule has 2 aromatic rings. The zero-order valence-electron chi connectivity index (χ0n) is 16.0. The Balaban J connectivity index is 1.67. The maximum Gasteiger partial charge on any atom is 0.271 e. The fraction of sp³-hybridized carbons (Fsp3) is 0.364. The van der Waals surface area contributed by atoms with E-state index in [1.807, 2.05) is 48.2 Å². The minimum Gasteiger partial charge on any atom is -0.476 e. The van der Waals surface area contributed by atoms with Crippen LogP contribution in [0.1, 0.15) is 31.4 Å². The van der Waals surface area contributed by atoms with Gasteiger partial charge in [0.15, 0.2) is 5.60 Å². The van der Waals surface area contributed by atoms with Crippen LogP contribution in [0.25, 0.3) is 0 Å². The van der Waals surface area contributed by atoms with Gasteiger partial charge in [-0.1, -0.05) is 24.3 Å². The zero-order valence-corrected chi connectivity index (χ0v) is 16.0. The monoisotopic (exact) mass is 364 g/mol. The van der Waals surface area contributed by atoms with E-state index in [4.69, 9.17) is 4.74 Å². The molecule has 27 heavy (non-hydrogen) atoms. The third-order valence-corrected chi connectivity index (χ3v) is 5.24. The molecule has 0 saturated carbocycles. The van der Waals surface area contributed by atoms with Crippen molar-refractivity contribution in [3.63, 3.8) is 0 Å². The number of carbonyl (C=O) groups excluding carboxylic acids is 2. The SMILES string of the molecule is Cc1ccc2c(c1)N(CC(=O)N1CCCc3ccccc31)C(=O)C(C)(C)O2. The number of fused-ring (bicyclic) bond motifs is 2. The second-order valence-corrected chi connectivity index (χ2v) is 7.75. The van der Waals surface area contributed by atoms with Crippen molar-refractivity contribution in [2.24, 2.45) is 0 Å². The Bertz CT molecular complexity index is 920. The zero-order chi connectivity index (χ0) is 19.2. The van der Waals surface area contributed by atoms with Gasteiger partial charge in [-0.2, -0.15) is 0 Å². The van der Waals surface area contributed by atoms with E-state index in [0.717, 1.165) is 24.1 Å². The van der Waals surface area contributed by atoms with Crippen LogP contribution in [0, 0.1) is 6.92 Å². The number of para-hydroxylation sites is 1. The minimum absolute atomic E-state index is 0.0103. The van der Waals surface area contributed by atoms with E-state index >= 15 is 0 Å². The molecule has 0 saturated heterocycles. The fourth-order valence-electron chi connectivity index (χ4n) is 3.85. The van der Waals surface area contributed by atoms with Gasteiger partial charge in [0.1, 0.15) is 12.3 Å². The number of amides is 2. The van der Waals surface area contributed by atoms with E-state index in [1.165, 1.54) is 5.56 Å². The van der Waals surface area contributed by atoms with Gasteiger partial charge in [-0.05, 0) is 62.9 Å². The summed E-state index contributed by atoms with van der Waals surface area (Å²) >= 11 is 0. The summed E-state index contributed by atoms with van der Waals surface area (Å²) in [6.45, 7) is 6.14. The fourth-order valence-corrected chi connectivity index (χ4v) is 3.85. The summed E-state index contributed by atoms with van der Waals surface area (Å²) in [5.74, 6) is 0.372. The van der Waals surface area contributed by atoms with Crippen LogP contribution in [0.5, 0.6) is 5.75 Å². The topological polar surface area (TPSA) is 49.9 Å². The van der Waals surface area contributed by atoms with Gasteiger partial charge in [0.2, 0.25) is 5.91 Å². The lowest BCUT2D eigenvalue weighted by molar-refractivity contribution is -0.134. The number of carbonyl (C=O) groups is 2. The normalized spacial score (nSPS) is 17.8. The molecule has 0 N–H and O–H groups in total. The number of hydrogen-bond acceptors (Lipinski definition) is 3. The molecule has 2 heterocycles. The van der Waals surface area contributed by atoms with Crippen LogP contribution in [0.15, 0.2) is 42.5 Å². The predicted octanol–water partition coefficient (Wildman–Crippen LogP) is 3.48. The molecule has 5 nitrogen and oxygen atoms in total. The van der Waals surface area contributed by atoms with Gasteiger partial charge in [-0.25, -0.2) is 0 Å². The summed E-state index contributed by atoms with van der Waals surface area (Å²) in [6, 6.07) is 13.7. The molecule has 140 valence electrons. The van der Waals surface area contributed by atoms with Gasteiger partial charge in [0.25, 0.3) is 5.91 Å². The Labute approximate surface area is 159 Å². The standard InChI is InChI=1S/C22H24N2O3/c1-15-10-11-19-18(13-15)24(21(26)22(2,3)27-19)14-20(25)23-12-6-8-16-7-4-5-9-17(16)23/h4-5,7,9-11,13H,6,8,12,14H2,1-3H3. The summed E-state index contributed by atoms with van der Waals surface area (Å²) < 4.78 is 5.88. The Kier molecular flexibility index (Phi) is 4.17. The molecular formula is C22H24N2O3. The molecule has 0 aliphatic carbocycles. The quantitative estimate of drug-likeness (QED) is 0.820. The van der Waals surface area contributed by atoms with Gasteiger partial charge < -0.3 is 9.64 Å². The van der Waals surface area contributed by atoms with Crippen molar-refractivity contribution >= 4 is 23.2 Å². The molecule has 0 unspecified atom stereocenters. The lowest BCUT2D eigenvalue weighted by atomic mass is 10.0. The number of ether oxygens (including phenoxy) is 1. The Morgan fingerprint density at radius 2 is 1.93 bits per heavy atom. The van der Waals surface area contributed by atoms with Crippen molar-refractivity contribution in [1.82, 2.24) is 0 Å². The van der Waals surface area contributed by atoms with Gasteiger partial charge in [0, 0.05) is 12.2 Å². The lowest BCUT2D eigenvalue weighted by Crippen LogP contribution is -2.55. The summed E-state index contributed by atoms with van der Waals surface area (Å²) in [5.41, 5.74) is 2.83. The predicted molar refractivity (Wildman–Crippen MR) is 105 cm³/mol. The van der Waals surface area contributed by atoms with Crippen molar-refractivity contribution in [3.8, 4) is 5.75 Å². The summed E-state index contributed by atoms with van der Waals surface area (Å²) in [4.78, 5) is 29.6. The highest BCUT2D eigenvalue weighted by molar-refractivity contribution is 6.08. The molecule has 0 bridgehead atoms. The van der Waals surface area contributed by atoms with E-state index in [1.54, 1.807) is 18.7 Å². The maximum absolute atomic E-state index is 13.2. The van der Waals surface area contributed by atoms with E-state index in [0.29, 0.717) is 18.0 Å². The molecule has 0 atom stereocenters. The molecule has 2 aromatic carbocycles. The molecule has 0 spiro atoms. The Morgan fingerprint density at radius 3 is 2.74 bits per heavy atom. The van der Waals surface area contributed by atoms with Gasteiger partial charge in [-0.15, -0.1) is 0 Å². The highest BCUT2D eigenvalue weighted by Gasteiger charge is 2.42. The van der Waals surface area contributed by atoms with Crippen LogP contribution in [0.4, 0.5) is 11.4 Å². The maximum atomic E-state index is 13.2. The van der Waals surface area contributed by atoms with E-state index in [2.05, 4.69) is 6.07 Å². The molecule has 2 amide bonds. The third-order valence-electron chi connectivity index (χ3n) is 5.24. The number of hydrogen-bond donors (Lipinski definition) is 0. The molecule has 4 rings (SSSR count). The lowest BCUT2D eigenvalue weighted by Gasteiger charge is -2.39. The molecule has 0 aromatic heterocycles. The van der Waals surface area contributed by atoms with Crippen LogP contribution in [0.3, 0.4) is 0 Å². The number of nitrogens with zero attached hydrogens (tertiary/aromatic N) is 2. The average Bonchev–Trinajstić information content (AvgIpc) is 2.65. The molecule has 5 heteroatoms. The van der Waals surface area contributed by atoms with Crippen molar-refractivity contribution in [1.29, 1.82) is 0 Å². The summed E-state index contributed by atoms with van der Waals surface area (Å²) in [6.07, 6.45) is 1.91. The Hall–Kier alpha value is -2.82. The summed E-state index contributed by atoms with van der Waals surface area (Å²) in [7, 11) is 0. The first-order valence-electron chi connectivity index (χ1n) is 9.37. The molecule has 2 aliphatic heterocycles. The molecule has 2 aliphatic rings. The van der Waals surface area contributed by atoms with Crippen LogP contribution >= 0.6 is 0 Å². The second kappa shape index (κ2) is 6.41. The van der Waals surface area contributed by atoms with Crippen LogP contribution in [-0.4, -0.2) is 30.5 Å². The van der Waals surface area contributed by atoms with Crippen molar-refractivity contribution in [3.05, 3.63) is 53.6 Å². The second-order valence-electron chi connectivity index (χ2n) is 7.75. The molecular weight excluding hydrogens is 340 g/mol. The minimum atomic E-state index is -0.998. The van der Waals surface area contributed by atoms with Crippen LogP contribution in [-0.2, 0) is 16.0 Å². The largest absolute Gasteiger partial charge is 0.476 e. The number of anilines is 2. The van der Waals surface area contributed by atoms with Crippen molar-refractivity contribution < 1.29 is 14.3 Å². The van der Waals surface area contributed by atoms with E-state index in [-0.39, 0.29) is 18.4 Å². The smallest absolute Gasteiger partial charge is 0.271 e. The average molecular weight is 364 g/mol. The van der Waals surface area contributed by atoms with Crippen LogP contribution < -0.4 is 14.5 Å². The highest BCUT2D eigenvalue weighted by Crippen LogP contribution is 2.38. The van der Waals surface area contributed by atoms with E-state index in [9.17, 15) is 9.59 Å². The summed E-state index contributed by atoms with van der Waals surface area (Å²) in [5, 5.41) is 0. The first-order chi connectivity index (χ1) is 12.9. The highest BCUT2D eigenvalue weighted by atomic mass is 16.5. The van der Waals surface area contributed by atoms with E-state index < -0.39 is 5.60 Å². The molecule has 0 fully saturated rings. The Morgan fingerprint density at radius 1 is 1.15 bits per heavy atom. The van der Waals surface area contributed by atoms with Crippen molar-refractivity contribution in [2.75, 3.05) is 22.9 Å². The molecule has 0 radical (unpaired) electrons. The van der Waals surface area contributed by atoms with Gasteiger partial charge in [-0.3, -0.25) is 14.5 Å². The van der Waals surface area contributed by atoms with Crippen LogP contribution in [0.2, 0.25) is 0 Å².